The Morgan fingerprint density at radius 2 is 2.00 bits per heavy atom. The Labute approximate surface area is 101 Å². The van der Waals surface area contributed by atoms with Crippen molar-refractivity contribution in [3.05, 3.63) is 41.3 Å². The van der Waals surface area contributed by atoms with E-state index in [-0.39, 0.29) is 11.4 Å². The van der Waals surface area contributed by atoms with Crippen LogP contribution in [0.15, 0.2) is 24.3 Å². The Morgan fingerprint density at radius 1 is 1.29 bits per heavy atom. The second kappa shape index (κ2) is 4.08. The summed E-state index contributed by atoms with van der Waals surface area (Å²) < 4.78 is 13.3. The Morgan fingerprint density at radius 3 is 2.65 bits per heavy atom. The number of nitrogens with zero attached hydrogens (tertiary/aromatic N) is 1. The quantitative estimate of drug-likeness (QED) is 0.864. The maximum atomic E-state index is 13.3. The van der Waals surface area contributed by atoms with Gasteiger partial charge >= 0.3 is 0 Å². The van der Waals surface area contributed by atoms with E-state index in [2.05, 4.69) is 4.98 Å². The van der Waals surface area contributed by atoms with Gasteiger partial charge in [0.1, 0.15) is 5.82 Å². The molecular weight excluding hydrogens is 215 g/mol. The molecular formula is C14H17FN2. The zero-order valence-electron chi connectivity index (χ0n) is 10.4. The fraction of sp³-hybridized carbons (Fsp3) is 0.357. The highest BCUT2D eigenvalue weighted by Gasteiger charge is 2.15. The highest BCUT2D eigenvalue weighted by atomic mass is 19.1. The van der Waals surface area contributed by atoms with Crippen molar-refractivity contribution in [1.29, 1.82) is 0 Å². The van der Waals surface area contributed by atoms with Crippen molar-refractivity contribution >= 4 is 10.9 Å². The number of rotatable bonds is 2. The van der Waals surface area contributed by atoms with Crippen molar-refractivity contribution < 1.29 is 4.39 Å². The van der Waals surface area contributed by atoms with Crippen molar-refractivity contribution in [2.75, 3.05) is 0 Å². The predicted molar refractivity (Wildman–Crippen MR) is 68.4 cm³/mol. The van der Waals surface area contributed by atoms with Crippen LogP contribution >= 0.6 is 0 Å². The number of halogens is 1. The fourth-order valence-corrected chi connectivity index (χ4v) is 2.05. The average molecular weight is 232 g/mol. The second-order valence-corrected chi connectivity index (χ2v) is 5.25. The van der Waals surface area contributed by atoms with Crippen LogP contribution in [0.4, 0.5) is 4.39 Å². The number of benzene rings is 1. The van der Waals surface area contributed by atoms with Gasteiger partial charge in [0.2, 0.25) is 0 Å². The number of aryl methyl sites for hydroxylation is 1. The molecule has 0 radical (unpaired) electrons. The third-order valence-electron chi connectivity index (χ3n) is 2.63. The van der Waals surface area contributed by atoms with Crippen molar-refractivity contribution in [1.82, 2.24) is 4.98 Å². The fourth-order valence-electron chi connectivity index (χ4n) is 2.05. The van der Waals surface area contributed by atoms with Crippen LogP contribution in [-0.2, 0) is 6.42 Å². The summed E-state index contributed by atoms with van der Waals surface area (Å²) in [5.74, 6) is -0.237. The van der Waals surface area contributed by atoms with Gasteiger partial charge in [0.05, 0.1) is 5.52 Å². The molecule has 1 aromatic heterocycles. The van der Waals surface area contributed by atoms with E-state index in [1.807, 2.05) is 26.8 Å². The standard InChI is InChI=1S/C14H17FN2/c1-9-6-10(8-14(2,3)16)12-7-11(15)4-5-13(12)17-9/h4-7H,8,16H2,1-3H3. The van der Waals surface area contributed by atoms with Gasteiger partial charge in [0, 0.05) is 16.6 Å². The Hall–Kier alpha value is -1.48. The Bertz CT molecular complexity index is 556. The second-order valence-electron chi connectivity index (χ2n) is 5.25. The summed E-state index contributed by atoms with van der Waals surface area (Å²) in [7, 11) is 0. The molecule has 0 aliphatic carbocycles. The molecule has 0 aliphatic heterocycles. The van der Waals surface area contributed by atoms with Crippen molar-refractivity contribution in [3.8, 4) is 0 Å². The van der Waals surface area contributed by atoms with Crippen molar-refractivity contribution in [2.24, 2.45) is 5.73 Å². The zero-order chi connectivity index (χ0) is 12.6. The predicted octanol–water partition coefficient (Wildman–Crippen LogP) is 2.96. The van der Waals surface area contributed by atoms with Gasteiger partial charge in [-0.05, 0) is 57.0 Å². The van der Waals surface area contributed by atoms with Gasteiger partial charge in [0.15, 0.2) is 0 Å². The smallest absolute Gasteiger partial charge is 0.123 e. The molecule has 1 heterocycles. The van der Waals surface area contributed by atoms with Gasteiger partial charge in [-0.15, -0.1) is 0 Å². The molecule has 0 saturated heterocycles. The highest BCUT2D eigenvalue weighted by Crippen LogP contribution is 2.22. The van der Waals surface area contributed by atoms with Gasteiger partial charge in [-0.2, -0.15) is 0 Å². The summed E-state index contributed by atoms with van der Waals surface area (Å²) in [4.78, 5) is 4.40. The van der Waals surface area contributed by atoms with E-state index in [4.69, 9.17) is 5.73 Å². The lowest BCUT2D eigenvalue weighted by atomic mass is 9.93. The van der Waals surface area contributed by atoms with Crippen LogP contribution in [0.3, 0.4) is 0 Å². The molecule has 90 valence electrons. The van der Waals surface area contributed by atoms with Crippen molar-refractivity contribution in [3.63, 3.8) is 0 Å². The summed E-state index contributed by atoms with van der Waals surface area (Å²) >= 11 is 0. The summed E-state index contributed by atoms with van der Waals surface area (Å²) in [6, 6.07) is 6.66. The molecule has 2 N–H and O–H groups in total. The summed E-state index contributed by atoms with van der Waals surface area (Å²) in [6.07, 6.45) is 0.705. The van der Waals surface area contributed by atoms with E-state index < -0.39 is 0 Å². The van der Waals surface area contributed by atoms with Crippen LogP contribution in [-0.4, -0.2) is 10.5 Å². The lowest BCUT2D eigenvalue weighted by Gasteiger charge is -2.19. The van der Waals surface area contributed by atoms with E-state index in [0.717, 1.165) is 22.2 Å². The SMILES string of the molecule is Cc1cc(CC(C)(C)N)c2cc(F)ccc2n1. The number of aromatic nitrogens is 1. The number of hydrogen-bond acceptors (Lipinski definition) is 2. The molecule has 2 nitrogen and oxygen atoms in total. The third kappa shape index (κ3) is 2.80. The van der Waals surface area contributed by atoms with Gasteiger partial charge in [-0.1, -0.05) is 0 Å². The largest absolute Gasteiger partial charge is 0.325 e. The molecule has 17 heavy (non-hydrogen) atoms. The molecule has 1 aromatic carbocycles. The first-order chi connectivity index (χ1) is 7.85. The molecule has 0 bridgehead atoms. The van der Waals surface area contributed by atoms with Crippen LogP contribution in [0.25, 0.3) is 10.9 Å². The minimum atomic E-state index is -0.312. The van der Waals surface area contributed by atoms with E-state index in [1.54, 1.807) is 6.07 Å². The van der Waals surface area contributed by atoms with Crippen LogP contribution in [0.2, 0.25) is 0 Å². The molecule has 0 unspecified atom stereocenters. The lowest BCUT2D eigenvalue weighted by molar-refractivity contribution is 0.518. The first-order valence-electron chi connectivity index (χ1n) is 5.70. The molecule has 0 atom stereocenters. The number of hydrogen-bond donors (Lipinski definition) is 1. The van der Waals surface area contributed by atoms with Crippen LogP contribution in [0.5, 0.6) is 0 Å². The topological polar surface area (TPSA) is 38.9 Å². The summed E-state index contributed by atoms with van der Waals surface area (Å²) in [5.41, 5.74) is 8.53. The Kier molecular flexibility index (Phi) is 2.87. The maximum Gasteiger partial charge on any atom is 0.123 e. The maximum absolute atomic E-state index is 13.3. The molecule has 0 amide bonds. The van der Waals surface area contributed by atoms with Crippen molar-refractivity contribution in [2.45, 2.75) is 32.7 Å². The van der Waals surface area contributed by atoms with E-state index in [1.165, 1.54) is 12.1 Å². The summed E-state index contributed by atoms with van der Waals surface area (Å²) in [6.45, 7) is 5.87. The minimum absolute atomic E-state index is 0.237. The zero-order valence-corrected chi connectivity index (χ0v) is 10.4. The average Bonchev–Trinajstić information content (AvgIpc) is 2.16. The van der Waals surface area contributed by atoms with E-state index in [9.17, 15) is 4.39 Å². The number of nitrogens with two attached hydrogens (primary N) is 1. The van der Waals surface area contributed by atoms with E-state index >= 15 is 0 Å². The Balaban J connectivity index is 2.63. The molecule has 2 rings (SSSR count). The lowest BCUT2D eigenvalue weighted by Crippen LogP contribution is -2.34. The molecule has 2 aromatic rings. The molecule has 0 aliphatic rings. The molecule has 0 fully saturated rings. The van der Waals surface area contributed by atoms with Crippen LogP contribution < -0.4 is 5.73 Å². The first-order valence-corrected chi connectivity index (χ1v) is 5.70. The molecule has 0 spiro atoms. The number of pyridine rings is 1. The number of fused-ring (bicyclic) bond motifs is 1. The highest BCUT2D eigenvalue weighted by molar-refractivity contribution is 5.82. The van der Waals surface area contributed by atoms with Gasteiger partial charge in [-0.3, -0.25) is 4.98 Å². The summed E-state index contributed by atoms with van der Waals surface area (Å²) in [5, 5.41) is 0.856. The minimum Gasteiger partial charge on any atom is -0.325 e. The van der Waals surface area contributed by atoms with Crippen LogP contribution in [0.1, 0.15) is 25.1 Å². The van der Waals surface area contributed by atoms with Gasteiger partial charge < -0.3 is 5.73 Å². The third-order valence-corrected chi connectivity index (χ3v) is 2.63. The first kappa shape index (κ1) is 12.0. The van der Waals surface area contributed by atoms with Crippen LogP contribution in [0, 0.1) is 12.7 Å². The monoisotopic (exact) mass is 232 g/mol. The molecule has 0 saturated carbocycles. The van der Waals surface area contributed by atoms with Gasteiger partial charge in [0.25, 0.3) is 0 Å². The normalized spacial score (nSPS) is 12.1. The van der Waals surface area contributed by atoms with E-state index in [0.29, 0.717) is 6.42 Å². The molecule has 3 heteroatoms. The van der Waals surface area contributed by atoms with Gasteiger partial charge in [-0.25, -0.2) is 4.39 Å².